The molecule has 56 heavy (non-hydrogen) atoms. The first-order valence-electron chi connectivity index (χ1n) is 16.0. The number of nitrogens with zero attached hydrogens (tertiary/aromatic N) is 4. The van der Waals surface area contributed by atoms with Crippen LogP contribution in [0.25, 0.3) is 0 Å². The van der Waals surface area contributed by atoms with Crippen molar-refractivity contribution in [2.45, 2.75) is 32.2 Å². The van der Waals surface area contributed by atoms with Gasteiger partial charge in [-0.05, 0) is 18.1 Å². The first kappa shape index (κ1) is 48.3. The fourth-order valence-electron chi connectivity index (χ4n) is 3.89. The van der Waals surface area contributed by atoms with Gasteiger partial charge in [0.1, 0.15) is 13.2 Å². The van der Waals surface area contributed by atoms with E-state index >= 15 is 0 Å². The van der Waals surface area contributed by atoms with Crippen LogP contribution in [0, 0.1) is 0 Å². The molecule has 4 aromatic rings. The molecule has 0 spiro atoms. The molecule has 6 amide bonds. The van der Waals surface area contributed by atoms with Gasteiger partial charge in [0.15, 0.2) is 22.3 Å². The van der Waals surface area contributed by atoms with Crippen molar-refractivity contribution in [3.8, 4) is 0 Å². The molecule has 0 saturated heterocycles. The number of esters is 1. The molecular weight excluding hydrogens is 767 g/mol. The maximum atomic E-state index is 12.2. The van der Waals surface area contributed by atoms with Gasteiger partial charge >= 0.3 is 55.0 Å². The molecule has 19 nitrogen and oxygen atoms in total. The van der Waals surface area contributed by atoms with E-state index in [0.29, 0.717) is 0 Å². The largest absolute Gasteiger partial charge is 1.00 e. The summed E-state index contributed by atoms with van der Waals surface area (Å²) >= 11 is 2.13. The van der Waals surface area contributed by atoms with Crippen molar-refractivity contribution in [2.75, 3.05) is 45.4 Å². The maximum Gasteiger partial charge on any atom is 1.00 e. The number of rotatable bonds is 13. The summed E-state index contributed by atoms with van der Waals surface area (Å²) in [5.41, 5.74) is 2.05. The summed E-state index contributed by atoms with van der Waals surface area (Å²) in [5.74, 6) is -1.90. The maximum absolute atomic E-state index is 12.2. The van der Waals surface area contributed by atoms with E-state index in [0.717, 1.165) is 33.8 Å². The van der Waals surface area contributed by atoms with E-state index in [9.17, 15) is 33.9 Å². The van der Waals surface area contributed by atoms with Crippen LogP contribution in [0.4, 0.5) is 29.4 Å². The van der Waals surface area contributed by atoms with Crippen LogP contribution in [0.15, 0.2) is 71.4 Å². The molecular formula is C34H41LiN8O11S2. The number of thiazole rings is 2. The Hall–Kier alpha value is -5.72. The molecule has 2 heterocycles. The summed E-state index contributed by atoms with van der Waals surface area (Å²) in [6.45, 7) is 2.05. The van der Waals surface area contributed by atoms with Crippen LogP contribution in [0.3, 0.4) is 0 Å². The molecule has 0 aliphatic carbocycles. The number of carbonyl (C=O) groups excluding carboxylic acids is 5. The van der Waals surface area contributed by atoms with E-state index in [1.807, 2.05) is 60.7 Å². The molecule has 2 aromatic heterocycles. The molecule has 2 atom stereocenters. The number of carbonyl (C=O) groups is 6. The van der Waals surface area contributed by atoms with Gasteiger partial charge in [-0.15, -0.1) is 22.7 Å². The molecule has 22 heteroatoms. The molecule has 296 valence electrons. The number of anilines is 2. The molecule has 4 rings (SSSR count). The summed E-state index contributed by atoms with van der Waals surface area (Å²) in [5, 5.41) is 22.5. The summed E-state index contributed by atoms with van der Waals surface area (Å²) in [4.78, 5) is 81.6. The zero-order valence-corrected chi connectivity index (χ0v) is 33.0. The minimum Gasteiger partial charge on any atom is -0.870 e. The second-order valence-corrected chi connectivity index (χ2v) is 12.9. The van der Waals surface area contributed by atoms with Crippen LogP contribution in [-0.2, 0) is 37.0 Å². The number of amides is 6. The van der Waals surface area contributed by atoms with Crippen LogP contribution in [0.5, 0.6) is 0 Å². The number of carboxylic acid groups (broad SMARTS) is 1. The van der Waals surface area contributed by atoms with Crippen LogP contribution >= 0.6 is 22.7 Å². The summed E-state index contributed by atoms with van der Waals surface area (Å²) in [6.07, 6.45) is -1.38. The third kappa shape index (κ3) is 16.3. The first-order valence-corrected chi connectivity index (χ1v) is 17.7. The third-order valence-electron chi connectivity index (χ3n) is 6.60. The van der Waals surface area contributed by atoms with Gasteiger partial charge in [0.25, 0.3) is 0 Å². The summed E-state index contributed by atoms with van der Waals surface area (Å²) in [6, 6.07) is 15.0. The van der Waals surface area contributed by atoms with Gasteiger partial charge in [0.05, 0.1) is 18.0 Å². The van der Waals surface area contributed by atoms with Gasteiger partial charge in [-0.2, -0.15) is 0 Å². The Morgan fingerprint density at radius 2 is 1.07 bits per heavy atom. The molecule has 0 aliphatic heterocycles. The van der Waals surface area contributed by atoms with Gasteiger partial charge < -0.3 is 45.2 Å². The van der Waals surface area contributed by atoms with E-state index in [2.05, 4.69) is 31.2 Å². The SMILES string of the molecule is CCOC(=O)C(NC(=O)N(C)C)c1csc(NC(=O)OCc2ccccc2)n1.CN(C)C(=O)NC(C(=O)O)c1csc(NC(=O)OCc2ccccc2)n1.[Li+].[OH-]. The Balaban J connectivity index is 0.000000542. The number of nitrogens with one attached hydrogen (secondary N) is 4. The van der Waals surface area contributed by atoms with E-state index in [4.69, 9.17) is 14.2 Å². The van der Waals surface area contributed by atoms with Crippen LogP contribution in [0.2, 0.25) is 0 Å². The zero-order valence-electron chi connectivity index (χ0n) is 31.4. The average molecular weight is 809 g/mol. The molecule has 2 unspecified atom stereocenters. The third-order valence-corrected chi connectivity index (χ3v) is 8.15. The molecule has 0 radical (unpaired) electrons. The van der Waals surface area contributed by atoms with Gasteiger partial charge in [0.2, 0.25) is 0 Å². The van der Waals surface area contributed by atoms with Gasteiger partial charge in [-0.3, -0.25) is 10.6 Å². The van der Waals surface area contributed by atoms with Crippen molar-refractivity contribution in [3.63, 3.8) is 0 Å². The van der Waals surface area contributed by atoms with Crippen LogP contribution < -0.4 is 40.1 Å². The molecule has 0 bridgehead atoms. The smallest absolute Gasteiger partial charge is 0.870 e. The van der Waals surface area contributed by atoms with E-state index in [-0.39, 0.29) is 65.8 Å². The second kappa shape index (κ2) is 24.6. The Morgan fingerprint density at radius 1 is 0.679 bits per heavy atom. The van der Waals surface area contributed by atoms with Crippen LogP contribution in [-0.4, -0.2) is 101 Å². The number of aromatic nitrogens is 2. The van der Waals surface area contributed by atoms with E-state index < -0.39 is 48.3 Å². The normalized spacial score (nSPS) is 10.9. The van der Waals surface area contributed by atoms with E-state index in [1.54, 1.807) is 26.4 Å². The van der Waals surface area contributed by atoms with Crippen molar-refractivity contribution >= 4 is 69.1 Å². The van der Waals surface area contributed by atoms with Crippen molar-refractivity contribution in [1.82, 2.24) is 30.4 Å². The fraction of sp³-hybridized carbons (Fsp3) is 0.294. The fourth-order valence-corrected chi connectivity index (χ4v) is 5.33. The Kier molecular flexibility index (Phi) is 21.2. The van der Waals surface area contributed by atoms with Crippen molar-refractivity contribution in [3.05, 3.63) is 93.9 Å². The number of urea groups is 2. The number of carboxylic acids is 1. The number of hydrogen-bond donors (Lipinski definition) is 5. The predicted molar refractivity (Wildman–Crippen MR) is 201 cm³/mol. The average Bonchev–Trinajstić information content (AvgIpc) is 3.81. The minimum atomic E-state index is -1.32. The van der Waals surface area contributed by atoms with Crippen molar-refractivity contribution < 1.29 is 72.4 Å². The first-order chi connectivity index (χ1) is 25.8. The molecule has 0 saturated carbocycles. The molecule has 0 aliphatic rings. The standard InChI is InChI=1S/C18H22N4O5S.C16H18N4O5S.Li.H2O/c1-4-26-15(23)14(20-17(24)22(2)3)13-11-28-16(19-13)21-18(25)27-10-12-8-6-5-7-9-12;1-20(2)15(23)18-12(13(21)22)11-9-26-14(17-11)19-16(24)25-8-10-6-4-3-5-7-10;;/h5-9,11,14H,4,10H2,1-3H3,(H,20,24)(H,19,21,25);3-7,9,12H,8H2,1-2H3,(H,18,23)(H,21,22)(H,17,19,24);;1H2/q;;+1;/p-1. The number of ether oxygens (including phenoxy) is 3. The van der Waals surface area contributed by atoms with Crippen molar-refractivity contribution in [2.24, 2.45) is 0 Å². The number of benzene rings is 2. The van der Waals surface area contributed by atoms with Crippen LogP contribution in [0.1, 0.15) is 41.5 Å². The number of hydrogen-bond acceptors (Lipinski definition) is 14. The predicted octanol–water partition coefficient (Wildman–Crippen LogP) is 1.88. The van der Waals surface area contributed by atoms with Crippen molar-refractivity contribution in [1.29, 1.82) is 0 Å². The quantitative estimate of drug-likeness (QED) is 0.0735. The Morgan fingerprint density at radius 3 is 1.45 bits per heavy atom. The summed E-state index contributed by atoms with van der Waals surface area (Å²) in [7, 11) is 6.08. The summed E-state index contributed by atoms with van der Waals surface area (Å²) < 4.78 is 15.2. The van der Waals surface area contributed by atoms with Gasteiger partial charge in [-0.25, -0.2) is 38.7 Å². The molecule has 2 aromatic carbocycles. The van der Waals surface area contributed by atoms with E-state index in [1.165, 1.54) is 29.3 Å². The Bertz CT molecular complexity index is 1860. The molecule has 6 N–H and O–H groups in total. The Labute approximate surface area is 342 Å². The zero-order chi connectivity index (χ0) is 39.6. The molecule has 0 fully saturated rings. The second-order valence-electron chi connectivity index (χ2n) is 11.2. The van der Waals surface area contributed by atoms with Gasteiger partial charge in [0, 0.05) is 39.0 Å². The number of aliphatic carboxylic acids is 1. The minimum absolute atomic E-state index is 0. The monoisotopic (exact) mass is 808 g/mol. The topological polar surface area (TPSA) is 261 Å². The van der Waals surface area contributed by atoms with Gasteiger partial charge in [-0.1, -0.05) is 60.7 Å².